The Labute approximate surface area is 114 Å². The zero-order chi connectivity index (χ0) is 13.9. The third-order valence-corrected chi connectivity index (χ3v) is 3.47. The molecular weight excluding hydrogens is 241 g/mol. The summed E-state index contributed by atoms with van der Waals surface area (Å²) in [5.74, 6) is 0.649. The summed E-state index contributed by atoms with van der Waals surface area (Å²) in [6, 6.07) is 7.28. The van der Waals surface area contributed by atoms with E-state index < -0.39 is 0 Å². The maximum Gasteiger partial charge on any atom is 0.191 e. The van der Waals surface area contributed by atoms with Gasteiger partial charge in [0.1, 0.15) is 5.82 Å². The first-order valence-corrected chi connectivity index (χ1v) is 6.74. The fraction of sp³-hybridized carbons (Fsp3) is 0.533. The molecule has 1 aliphatic rings. The first-order chi connectivity index (χ1) is 9.01. The van der Waals surface area contributed by atoms with Crippen molar-refractivity contribution in [2.24, 2.45) is 4.99 Å². The number of benzene rings is 1. The zero-order valence-corrected chi connectivity index (χ0v) is 11.8. The van der Waals surface area contributed by atoms with E-state index in [-0.39, 0.29) is 11.2 Å². The van der Waals surface area contributed by atoms with Gasteiger partial charge in [-0.25, -0.2) is 4.39 Å². The number of halogens is 1. The van der Waals surface area contributed by atoms with Gasteiger partial charge in [0.25, 0.3) is 0 Å². The Balaban J connectivity index is 1.94. The summed E-state index contributed by atoms with van der Waals surface area (Å²) in [6.45, 7) is 5.03. The maximum atomic E-state index is 12.9. The van der Waals surface area contributed by atoms with Crippen LogP contribution in [0.4, 0.5) is 4.39 Å². The van der Waals surface area contributed by atoms with E-state index in [1.165, 1.54) is 25.0 Å². The monoisotopic (exact) mass is 263 g/mol. The maximum absolute atomic E-state index is 12.9. The predicted molar refractivity (Wildman–Crippen MR) is 76.9 cm³/mol. The molecule has 0 aliphatic heterocycles. The van der Waals surface area contributed by atoms with E-state index in [1.807, 2.05) is 12.1 Å². The quantitative estimate of drug-likeness (QED) is 0.646. The molecule has 1 aliphatic carbocycles. The SMILES string of the molecule is CN=C(NCC(C)(C)c1ccc(F)cc1)NC1CC1. The highest BCUT2D eigenvalue weighted by Gasteiger charge is 2.24. The van der Waals surface area contributed by atoms with E-state index in [9.17, 15) is 4.39 Å². The van der Waals surface area contributed by atoms with Crippen LogP contribution >= 0.6 is 0 Å². The normalized spacial score (nSPS) is 16.3. The van der Waals surface area contributed by atoms with Crippen LogP contribution in [0.15, 0.2) is 29.3 Å². The van der Waals surface area contributed by atoms with Crippen LogP contribution in [-0.2, 0) is 5.41 Å². The van der Waals surface area contributed by atoms with E-state index in [2.05, 4.69) is 29.5 Å². The Bertz CT molecular complexity index is 447. The molecule has 19 heavy (non-hydrogen) atoms. The van der Waals surface area contributed by atoms with Crippen molar-refractivity contribution in [3.63, 3.8) is 0 Å². The van der Waals surface area contributed by atoms with Gasteiger partial charge in [0.15, 0.2) is 5.96 Å². The number of guanidine groups is 1. The van der Waals surface area contributed by atoms with Gasteiger partial charge in [-0.05, 0) is 30.5 Å². The van der Waals surface area contributed by atoms with Gasteiger partial charge < -0.3 is 10.6 Å². The molecule has 1 aromatic carbocycles. The van der Waals surface area contributed by atoms with Gasteiger partial charge in [0, 0.05) is 25.0 Å². The van der Waals surface area contributed by atoms with Crippen LogP contribution in [0.1, 0.15) is 32.3 Å². The molecule has 0 radical (unpaired) electrons. The zero-order valence-electron chi connectivity index (χ0n) is 11.8. The number of nitrogens with zero attached hydrogens (tertiary/aromatic N) is 1. The molecule has 0 unspecified atom stereocenters. The average Bonchev–Trinajstić information content (AvgIpc) is 3.19. The fourth-order valence-corrected chi connectivity index (χ4v) is 1.92. The smallest absolute Gasteiger partial charge is 0.191 e. The van der Waals surface area contributed by atoms with Gasteiger partial charge in [0.2, 0.25) is 0 Å². The summed E-state index contributed by atoms with van der Waals surface area (Å²) in [6.07, 6.45) is 2.45. The number of rotatable bonds is 4. The average molecular weight is 263 g/mol. The third kappa shape index (κ3) is 3.94. The highest BCUT2D eigenvalue weighted by molar-refractivity contribution is 5.80. The topological polar surface area (TPSA) is 36.4 Å². The van der Waals surface area contributed by atoms with Crippen LogP contribution in [0.2, 0.25) is 0 Å². The van der Waals surface area contributed by atoms with Crippen molar-refractivity contribution in [3.8, 4) is 0 Å². The molecule has 0 bridgehead atoms. The Morgan fingerprint density at radius 1 is 1.32 bits per heavy atom. The van der Waals surface area contributed by atoms with E-state index in [4.69, 9.17) is 0 Å². The summed E-state index contributed by atoms with van der Waals surface area (Å²) in [5, 5.41) is 6.69. The van der Waals surface area contributed by atoms with Crippen LogP contribution in [0.3, 0.4) is 0 Å². The van der Waals surface area contributed by atoms with Crippen molar-refractivity contribution < 1.29 is 4.39 Å². The summed E-state index contributed by atoms with van der Waals surface area (Å²) in [4.78, 5) is 4.21. The second-order valence-corrected chi connectivity index (χ2v) is 5.74. The van der Waals surface area contributed by atoms with Crippen LogP contribution in [0, 0.1) is 5.82 Å². The molecule has 1 saturated carbocycles. The Morgan fingerprint density at radius 3 is 2.47 bits per heavy atom. The number of hydrogen-bond acceptors (Lipinski definition) is 1. The molecule has 0 atom stereocenters. The van der Waals surface area contributed by atoms with E-state index >= 15 is 0 Å². The molecular formula is C15H22FN3. The largest absolute Gasteiger partial charge is 0.356 e. The second-order valence-electron chi connectivity index (χ2n) is 5.74. The third-order valence-electron chi connectivity index (χ3n) is 3.47. The van der Waals surface area contributed by atoms with Gasteiger partial charge in [-0.15, -0.1) is 0 Å². The Hall–Kier alpha value is -1.58. The second kappa shape index (κ2) is 5.59. The molecule has 1 fully saturated rings. The highest BCUT2D eigenvalue weighted by Crippen LogP contribution is 2.22. The summed E-state index contributed by atoms with van der Waals surface area (Å²) in [5.41, 5.74) is 1.04. The fourth-order valence-electron chi connectivity index (χ4n) is 1.92. The molecule has 3 nitrogen and oxygen atoms in total. The minimum atomic E-state index is -0.196. The lowest BCUT2D eigenvalue weighted by molar-refractivity contribution is 0.506. The predicted octanol–water partition coefficient (Wildman–Crippen LogP) is 2.43. The Kier molecular flexibility index (Phi) is 4.08. The Morgan fingerprint density at radius 2 is 1.95 bits per heavy atom. The molecule has 4 heteroatoms. The minimum absolute atomic E-state index is 0.0745. The highest BCUT2D eigenvalue weighted by atomic mass is 19.1. The molecule has 0 aromatic heterocycles. The summed E-state index contributed by atoms with van der Waals surface area (Å²) >= 11 is 0. The van der Waals surface area contributed by atoms with Crippen molar-refractivity contribution in [3.05, 3.63) is 35.6 Å². The molecule has 0 saturated heterocycles. The van der Waals surface area contributed by atoms with Gasteiger partial charge >= 0.3 is 0 Å². The summed E-state index contributed by atoms with van der Waals surface area (Å²) < 4.78 is 12.9. The van der Waals surface area contributed by atoms with Crippen molar-refractivity contribution in [1.82, 2.24) is 10.6 Å². The van der Waals surface area contributed by atoms with Crippen LogP contribution in [0.5, 0.6) is 0 Å². The van der Waals surface area contributed by atoms with Crippen molar-refractivity contribution in [2.45, 2.75) is 38.1 Å². The minimum Gasteiger partial charge on any atom is -0.356 e. The first kappa shape index (κ1) is 13.8. The van der Waals surface area contributed by atoms with Gasteiger partial charge in [-0.3, -0.25) is 4.99 Å². The van der Waals surface area contributed by atoms with Crippen molar-refractivity contribution in [1.29, 1.82) is 0 Å². The molecule has 1 aromatic rings. The molecule has 0 heterocycles. The van der Waals surface area contributed by atoms with Gasteiger partial charge in [-0.2, -0.15) is 0 Å². The number of nitrogens with one attached hydrogen (secondary N) is 2. The first-order valence-electron chi connectivity index (χ1n) is 6.74. The number of hydrogen-bond donors (Lipinski definition) is 2. The summed E-state index contributed by atoms with van der Waals surface area (Å²) in [7, 11) is 1.78. The standard InChI is InChI=1S/C15H22FN3/c1-15(2,11-4-6-12(16)7-5-11)10-18-14(17-3)19-13-8-9-13/h4-7,13H,8-10H2,1-3H3,(H2,17,18,19). The lowest BCUT2D eigenvalue weighted by Crippen LogP contribution is -2.44. The van der Waals surface area contributed by atoms with Crippen molar-refractivity contribution >= 4 is 5.96 Å². The molecule has 0 amide bonds. The molecule has 2 N–H and O–H groups in total. The lowest BCUT2D eigenvalue weighted by atomic mass is 9.84. The lowest BCUT2D eigenvalue weighted by Gasteiger charge is -2.26. The van der Waals surface area contributed by atoms with E-state index in [0.29, 0.717) is 6.04 Å². The van der Waals surface area contributed by atoms with Crippen LogP contribution < -0.4 is 10.6 Å². The van der Waals surface area contributed by atoms with Crippen LogP contribution in [0.25, 0.3) is 0 Å². The van der Waals surface area contributed by atoms with E-state index in [0.717, 1.165) is 18.1 Å². The molecule has 104 valence electrons. The molecule has 0 spiro atoms. The van der Waals surface area contributed by atoms with Gasteiger partial charge in [0.05, 0.1) is 0 Å². The number of aliphatic imine (C=N–C) groups is 1. The van der Waals surface area contributed by atoms with Crippen LogP contribution in [-0.4, -0.2) is 25.6 Å². The van der Waals surface area contributed by atoms with Gasteiger partial charge in [-0.1, -0.05) is 26.0 Å². The van der Waals surface area contributed by atoms with E-state index in [1.54, 1.807) is 7.05 Å². The van der Waals surface area contributed by atoms with Crippen molar-refractivity contribution in [2.75, 3.05) is 13.6 Å². The molecule has 2 rings (SSSR count).